The second kappa shape index (κ2) is 5.67. The van der Waals surface area contributed by atoms with Crippen molar-refractivity contribution in [3.8, 4) is 5.75 Å². The summed E-state index contributed by atoms with van der Waals surface area (Å²) in [6.45, 7) is 7.10. The fourth-order valence-corrected chi connectivity index (χ4v) is 3.40. The van der Waals surface area contributed by atoms with Gasteiger partial charge in [-0.15, -0.1) is 0 Å². The number of aromatic hydroxyl groups is 1. The quantitative estimate of drug-likeness (QED) is 0.825. The van der Waals surface area contributed by atoms with Gasteiger partial charge in [-0.2, -0.15) is 0 Å². The summed E-state index contributed by atoms with van der Waals surface area (Å²) in [7, 11) is -3.47. The van der Waals surface area contributed by atoms with Crippen LogP contribution in [0.15, 0.2) is 24.3 Å². The van der Waals surface area contributed by atoms with E-state index in [4.69, 9.17) is 9.05 Å². The predicted molar refractivity (Wildman–Crippen MR) is 67.8 cm³/mol. The van der Waals surface area contributed by atoms with E-state index in [9.17, 15) is 9.67 Å². The molecule has 1 rings (SSSR count). The summed E-state index contributed by atoms with van der Waals surface area (Å²) in [5, 5.41) is 9.95. The summed E-state index contributed by atoms with van der Waals surface area (Å²) >= 11 is 0. The van der Waals surface area contributed by atoms with E-state index in [0.717, 1.165) is 0 Å². The van der Waals surface area contributed by atoms with E-state index in [1.165, 1.54) is 6.07 Å². The summed E-state index contributed by atoms with van der Waals surface area (Å²) in [5.41, 5.74) is 0. The maximum absolute atomic E-state index is 12.7. The van der Waals surface area contributed by atoms with Crippen molar-refractivity contribution >= 4 is 12.9 Å². The lowest BCUT2D eigenvalue weighted by atomic mass is 10.3. The first-order valence-electron chi connectivity index (χ1n) is 5.60. The second-order valence-corrected chi connectivity index (χ2v) is 6.19. The number of phenolic OH excluding ortho intramolecular Hbond substituents is 1. The SMILES string of the molecule is CC(C)OP(=O)(OC(C)C)c1ccccc1O. The van der Waals surface area contributed by atoms with Gasteiger partial charge in [0.25, 0.3) is 0 Å². The molecular weight excluding hydrogens is 239 g/mol. The summed E-state index contributed by atoms with van der Waals surface area (Å²) in [5.74, 6) is -0.0721. The fraction of sp³-hybridized carbons (Fsp3) is 0.500. The Morgan fingerprint density at radius 1 is 1.06 bits per heavy atom. The van der Waals surface area contributed by atoms with Gasteiger partial charge in [-0.25, -0.2) is 0 Å². The van der Waals surface area contributed by atoms with Gasteiger partial charge in [-0.05, 0) is 39.8 Å². The third kappa shape index (κ3) is 3.84. The van der Waals surface area contributed by atoms with Gasteiger partial charge in [0.05, 0.1) is 12.2 Å². The van der Waals surface area contributed by atoms with Crippen LogP contribution in [0.5, 0.6) is 5.75 Å². The molecule has 0 aliphatic heterocycles. The molecule has 4 nitrogen and oxygen atoms in total. The first-order valence-corrected chi connectivity index (χ1v) is 7.15. The highest BCUT2D eigenvalue weighted by atomic mass is 31.2. The zero-order chi connectivity index (χ0) is 13.1. The van der Waals surface area contributed by atoms with Crippen LogP contribution >= 0.6 is 7.60 Å². The monoisotopic (exact) mass is 258 g/mol. The maximum atomic E-state index is 12.7. The summed E-state index contributed by atoms with van der Waals surface area (Å²) in [6, 6.07) is 6.37. The van der Waals surface area contributed by atoms with Gasteiger partial charge in [0.2, 0.25) is 0 Å². The Balaban J connectivity index is 3.15. The molecule has 0 saturated heterocycles. The molecule has 0 fully saturated rings. The van der Waals surface area contributed by atoms with Crippen LogP contribution in [-0.2, 0) is 13.6 Å². The van der Waals surface area contributed by atoms with Crippen LogP contribution in [-0.4, -0.2) is 17.3 Å². The highest BCUT2D eigenvalue weighted by molar-refractivity contribution is 7.62. The van der Waals surface area contributed by atoms with E-state index in [2.05, 4.69) is 0 Å². The van der Waals surface area contributed by atoms with Gasteiger partial charge in [-0.3, -0.25) is 4.57 Å². The number of rotatable bonds is 5. The van der Waals surface area contributed by atoms with Gasteiger partial charge in [0, 0.05) is 0 Å². The number of para-hydroxylation sites is 1. The Labute approximate surface area is 102 Å². The van der Waals surface area contributed by atoms with Crippen molar-refractivity contribution in [1.29, 1.82) is 0 Å². The topological polar surface area (TPSA) is 55.8 Å². The molecule has 0 radical (unpaired) electrons. The van der Waals surface area contributed by atoms with Gasteiger partial charge < -0.3 is 14.2 Å². The zero-order valence-corrected chi connectivity index (χ0v) is 11.5. The number of hydrogen-bond donors (Lipinski definition) is 1. The van der Waals surface area contributed by atoms with Gasteiger partial charge in [0.1, 0.15) is 11.1 Å². The minimum Gasteiger partial charge on any atom is -0.507 e. The van der Waals surface area contributed by atoms with Crippen LogP contribution in [0.2, 0.25) is 0 Å². The highest BCUT2D eigenvalue weighted by Gasteiger charge is 2.32. The molecule has 1 aromatic carbocycles. The third-order valence-electron chi connectivity index (χ3n) is 1.88. The van der Waals surface area contributed by atoms with Crippen molar-refractivity contribution in [1.82, 2.24) is 0 Å². The standard InChI is InChI=1S/C12H19O4P/c1-9(2)15-17(14,16-10(3)4)12-8-6-5-7-11(12)13/h5-10,13H,1-4H3. The molecule has 17 heavy (non-hydrogen) atoms. The van der Waals surface area contributed by atoms with E-state index in [0.29, 0.717) is 0 Å². The van der Waals surface area contributed by atoms with Gasteiger partial charge >= 0.3 is 7.60 Å². The van der Waals surface area contributed by atoms with Crippen LogP contribution in [0.3, 0.4) is 0 Å². The van der Waals surface area contributed by atoms with Crippen LogP contribution in [0.25, 0.3) is 0 Å². The van der Waals surface area contributed by atoms with Crippen LogP contribution in [0.1, 0.15) is 27.7 Å². The molecule has 0 aliphatic carbocycles. The molecule has 1 N–H and O–H groups in total. The van der Waals surface area contributed by atoms with Crippen LogP contribution in [0.4, 0.5) is 0 Å². The number of benzene rings is 1. The Bertz CT molecular complexity index is 401. The molecule has 0 spiro atoms. The molecule has 0 unspecified atom stereocenters. The van der Waals surface area contributed by atoms with Crippen LogP contribution in [0, 0.1) is 0 Å². The molecule has 1 aromatic rings. The minimum absolute atomic E-state index is 0.0721. The average molecular weight is 258 g/mol. The molecule has 0 heterocycles. The van der Waals surface area contributed by atoms with E-state index < -0.39 is 7.60 Å². The first-order chi connectivity index (χ1) is 7.85. The molecule has 0 aromatic heterocycles. The number of phenols is 1. The van der Waals surface area contributed by atoms with Crippen molar-refractivity contribution in [2.45, 2.75) is 39.9 Å². The lowest BCUT2D eigenvalue weighted by molar-refractivity contribution is 0.150. The Morgan fingerprint density at radius 3 is 1.94 bits per heavy atom. The fourth-order valence-electron chi connectivity index (χ4n) is 1.39. The molecular formula is C12H19O4P. The molecule has 0 aliphatic rings. The summed E-state index contributed by atoms with van der Waals surface area (Å²) < 4.78 is 23.4. The van der Waals surface area contributed by atoms with Crippen LogP contribution < -0.4 is 5.30 Å². The first kappa shape index (κ1) is 14.2. The normalized spacial score (nSPS) is 12.4. The Kier molecular flexibility index (Phi) is 4.75. The summed E-state index contributed by atoms with van der Waals surface area (Å²) in [4.78, 5) is 0. The lowest BCUT2D eigenvalue weighted by Gasteiger charge is -2.23. The molecule has 0 saturated carbocycles. The van der Waals surface area contributed by atoms with E-state index in [1.807, 2.05) is 0 Å². The van der Waals surface area contributed by atoms with E-state index in [-0.39, 0.29) is 23.3 Å². The van der Waals surface area contributed by atoms with E-state index >= 15 is 0 Å². The van der Waals surface area contributed by atoms with E-state index in [1.54, 1.807) is 45.9 Å². The Morgan fingerprint density at radius 2 is 1.53 bits per heavy atom. The molecule has 5 heteroatoms. The Hall–Kier alpha value is -0.830. The summed E-state index contributed by atoms with van der Waals surface area (Å²) in [6.07, 6.45) is -0.502. The number of hydrogen-bond acceptors (Lipinski definition) is 4. The van der Waals surface area contributed by atoms with Crippen molar-refractivity contribution < 1.29 is 18.7 Å². The minimum atomic E-state index is -3.47. The van der Waals surface area contributed by atoms with Gasteiger partial charge in [0.15, 0.2) is 0 Å². The molecule has 0 amide bonds. The molecule has 0 bridgehead atoms. The maximum Gasteiger partial charge on any atom is 0.365 e. The largest absolute Gasteiger partial charge is 0.507 e. The average Bonchev–Trinajstić information content (AvgIpc) is 2.15. The lowest BCUT2D eigenvalue weighted by Crippen LogP contribution is -2.17. The van der Waals surface area contributed by atoms with Crippen molar-refractivity contribution in [3.63, 3.8) is 0 Å². The van der Waals surface area contributed by atoms with Crippen molar-refractivity contribution in [2.75, 3.05) is 0 Å². The molecule has 96 valence electrons. The smallest absolute Gasteiger partial charge is 0.365 e. The highest BCUT2D eigenvalue weighted by Crippen LogP contribution is 2.51. The zero-order valence-electron chi connectivity index (χ0n) is 10.6. The third-order valence-corrected chi connectivity index (χ3v) is 4.24. The predicted octanol–water partition coefficient (Wildman–Crippen LogP) is 3.06. The van der Waals surface area contributed by atoms with Crippen molar-refractivity contribution in [3.05, 3.63) is 24.3 Å². The molecule has 0 atom stereocenters. The van der Waals surface area contributed by atoms with Gasteiger partial charge in [-0.1, -0.05) is 12.1 Å². The second-order valence-electron chi connectivity index (χ2n) is 4.29. The van der Waals surface area contributed by atoms with Crippen molar-refractivity contribution in [2.24, 2.45) is 0 Å².